The standard InChI is InChI=1S/C22H22N2O2/c1-3-16-7-9-17(10-8-16)20(25)12-13-21(26)24-19-11-6-15(2)22-18(19)5-4-14-23-22/h4-11,14H,3,12-13H2,1-2H3,(H,24,26). The Kier molecular flexibility index (Phi) is 5.42. The fourth-order valence-corrected chi connectivity index (χ4v) is 2.93. The number of aromatic nitrogens is 1. The van der Waals surface area contributed by atoms with Crippen LogP contribution in [0.15, 0.2) is 54.7 Å². The number of rotatable bonds is 6. The molecule has 0 fully saturated rings. The molecule has 1 N–H and O–H groups in total. The SMILES string of the molecule is CCc1ccc(C(=O)CCC(=O)Nc2ccc(C)c3ncccc23)cc1. The van der Waals surface area contributed by atoms with Crippen LogP contribution in [-0.2, 0) is 11.2 Å². The van der Waals surface area contributed by atoms with E-state index in [-0.39, 0.29) is 24.5 Å². The fourth-order valence-electron chi connectivity index (χ4n) is 2.93. The second-order valence-corrected chi connectivity index (χ2v) is 6.35. The van der Waals surface area contributed by atoms with Crippen LogP contribution in [0.4, 0.5) is 5.69 Å². The van der Waals surface area contributed by atoms with Crippen LogP contribution < -0.4 is 5.32 Å². The Hall–Kier alpha value is -3.01. The minimum absolute atomic E-state index is 0.0155. The monoisotopic (exact) mass is 346 g/mol. The molecule has 1 amide bonds. The number of aryl methyl sites for hydroxylation is 2. The van der Waals surface area contributed by atoms with Crippen molar-refractivity contribution < 1.29 is 9.59 Å². The largest absolute Gasteiger partial charge is 0.325 e. The predicted octanol–water partition coefficient (Wildman–Crippen LogP) is 4.71. The summed E-state index contributed by atoms with van der Waals surface area (Å²) in [6.45, 7) is 4.06. The van der Waals surface area contributed by atoms with E-state index in [4.69, 9.17) is 0 Å². The zero-order valence-electron chi connectivity index (χ0n) is 15.1. The van der Waals surface area contributed by atoms with Gasteiger partial charge in [0.1, 0.15) is 0 Å². The van der Waals surface area contributed by atoms with E-state index in [9.17, 15) is 9.59 Å². The second kappa shape index (κ2) is 7.91. The van der Waals surface area contributed by atoms with Crippen molar-refractivity contribution in [3.8, 4) is 0 Å². The third kappa shape index (κ3) is 3.97. The summed E-state index contributed by atoms with van der Waals surface area (Å²) in [7, 11) is 0. The number of anilines is 1. The lowest BCUT2D eigenvalue weighted by Gasteiger charge is -2.10. The molecule has 4 heteroatoms. The van der Waals surface area contributed by atoms with E-state index >= 15 is 0 Å². The maximum Gasteiger partial charge on any atom is 0.224 e. The maximum atomic E-state index is 12.3. The predicted molar refractivity (Wildman–Crippen MR) is 104 cm³/mol. The van der Waals surface area contributed by atoms with E-state index in [0.717, 1.165) is 28.6 Å². The molecule has 0 radical (unpaired) electrons. The van der Waals surface area contributed by atoms with Crippen LogP contribution in [0.3, 0.4) is 0 Å². The zero-order valence-corrected chi connectivity index (χ0v) is 15.1. The van der Waals surface area contributed by atoms with Crippen LogP contribution in [-0.4, -0.2) is 16.7 Å². The van der Waals surface area contributed by atoms with Crippen molar-refractivity contribution in [1.29, 1.82) is 0 Å². The molecule has 3 rings (SSSR count). The highest BCUT2D eigenvalue weighted by Gasteiger charge is 2.11. The number of carbonyl (C=O) groups is 2. The molecule has 1 heterocycles. The molecule has 1 aromatic heterocycles. The van der Waals surface area contributed by atoms with Crippen LogP contribution >= 0.6 is 0 Å². The van der Waals surface area contributed by atoms with Crippen LogP contribution in [0, 0.1) is 6.92 Å². The Balaban J connectivity index is 1.64. The van der Waals surface area contributed by atoms with Crippen LogP contribution in [0.1, 0.15) is 41.3 Å². The van der Waals surface area contributed by atoms with Crippen molar-refractivity contribution in [2.75, 3.05) is 5.32 Å². The van der Waals surface area contributed by atoms with Gasteiger partial charge in [-0.1, -0.05) is 37.3 Å². The zero-order chi connectivity index (χ0) is 18.5. The number of nitrogens with one attached hydrogen (secondary N) is 1. The van der Waals surface area contributed by atoms with Gasteiger partial charge >= 0.3 is 0 Å². The average molecular weight is 346 g/mol. The molecule has 0 aliphatic heterocycles. The number of nitrogens with zero attached hydrogens (tertiary/aromatic N) is 1. The Bertz CT molecular complexity index is 946. The molecule has 0 spiro atoms. The molecular formula is C22H22N2O2. The summed E-state index contributed by atoms with van der Waals surface area (Å²) in [5, 5.41) is 3.81. The number of carbonyl (C=O) groups excluding carboxylic acids is 2. The molecule has 0 aliphatic rings. The van der Waals surface area contributed by atoms with Crippen molar-refractivity contribution in [3.63, 3.8) is 0 Å². The van der Waals surface area contributed by atoms with Gasteiger partial charge < -0.3 is 5.32 Å². The summed E-state index contributed by atoms with van der Waals surface area (Å²) < 4.78 is 0. The minimum Gasteiger partial charge on any atom is -0.325 e. The number of pyridine rings is 1. The van der Waals surface area contributed by atoms with Gasteiger partial charge in [-0.05, 0) is 42.7 Å². The number of hydrogen-bond donors (Lipinski definition) is 1. The lowest BCUT2D eigenvalue weighted by molar-refractivity contribution is -0.116. The molecule has 132 valence electrons. The molecule has 3 aromatic rings. The quantitative estimate of drug-likeness (QED) is 0.658. The lowest BCUT2D eigenvalue weighted by Crippen LogP contribution is -2.14. The molecule has 0 aliphatic carbocycles. The van der Waals surface area contributed by atoms with Crippen LogP contribution in [0.5, 0.6) is 0 Å². The highest BCUT2D eigenvalue weighted by Crippen LogP contribution is 2.24. The molecule has 0 bridgehead atoms. The Labute approximate surface area is 153 Å². The van der Waals surface area contributed by atoms with Gasteiger partial charge in [-0.25, -0.2) is 0 Å². The van der Waals surface area contributed by atoms with E-state index in [1.54, 1.807) is 6.20 Å². The highest BCUT2D eigenvalue weighted by atomic mass is 16.2. The third-order valence-corrected chi connectivity index (χ3v) is 4.51. The van der Waals surface area contributed by atoms with E-state index in [1.165, 1.54) is 5.56 Å². The third-order valence-electron chi connectivity index (χ3n) is 4.51. The Morgan fingerprint density at radius 1 is 1.00 bits per heavy atom. The van der Waals surface area contributed by atoms with Crippen molar-refractivity contribution >= 4 is 28.3 Å². The summed E-state index contributed by atoms with van der Waals surface area (Å²) in [5.74, 6) is -0.184. The number of benzene rings is 2. The fraction of sp³-hybridized carbons (Fsp3) is 0.227. The summed E-state index contributed by atoms with van der Waals surface area (Å²) in [6, 6.07) is 15.2. The van der Waals surface area contributed by atoms with Gasteiger partial charge in [0.05, 0.1) is 11.2 Å². The summed E-state index contributed by atoms with van der Waals surface area (Å²) in [5.41, 5.74) is 4.50. The van der Waals surface area contributed by atoms with Crippen molar-refractivity contribution in [2.45, 2.75) is 33.1 Å². The van der Waals surface area contributed by atoms with E-state index in [1.807, 2.05) is 55.5 Å². The number of Topliss-reactive ketones (excluding diaryl/α,β-unsaturated/α-hetero) is 1. The van der Waals surface area contributed by atoms with Crippen LogP contribution in [0.2, 0.25) is 0 Å². The molecule has 0 atom stereocenters. The normalized spacial score (nSPS) is 10.7. The van der Waals surface area contributed by atoms with Gasteiger partial charge in [-0.2, -0.15) is 0 Å². The second-order valence-electron chi connectivity index (χ2n) is 6.35. The molecule has 0 unspecified atom stereocenters. The van der Waals surface area contributed by atoms with Crippen molar-refractivity contribution in [1.82, 2.24) is 4.98 Å². The van der Waals surface area contributed by atoms with Crippen molar-refractivity contribution in [2.24, 2.45) is 0 Å². The lowest BCUT2D eigenvalue weighted by atomic mass is 10.0. The Morgan fingerprint density at radius 2 is 1.77 bits per heavy atom. The minimum atomic E-state index is -0.169. The summed E-state index contributed by atoms with van der Waals surface area (Å²) in [4.78, 5) is 28.9. The topological polar surface area (TPSA) is 59.1 Å². The van der Waals surface area contributed by atoms with Gasteiger partial charge in [-0.15, -0.1) is 0 Å². The van der Waals surface area contributed by atoms with Gasteiger partial charge in [-0.3, -0.25) is 14.6 Å². The first-order valence-electron chi connectivity index (χ1n) is 8.85. The first kappa shape index (κ1) is 17.8. The van der Waals surface area contributed by atoms with E-state index in [0.29, 0.717) is 5.56 Å². The number of hydrogen-bond acceptors (Lipinski definition) is 3. The molecule has 0 saturated carbocycles. The first-order valence-corrected chi connectivity index (χ1v) is 8.85. The van der Waals surface area contributed by atoms with Gasteiger partial charge in [0.2, 0.25) is 5.91 Å². The molecule has 4 nitrogen and oxygen atoms in total. The number of ketones is 1. The number of fused-ring (bicyclic) bond motifs is 1. The molecule has 2 aromatic carbocycles. The molecule has 0 saturated heterocycles. The smallest absolute Gasteiger partial charge is 0.224 e. The van der Waals surface area contributed by atoms with E-state index in [2.05, 4.69) is 17.2 Å². The Morgan fingerprint density at radius 3 is 2.50 bits per heavy atom. The number of amides is 1. The summed E-state index contributed by atoms with van der Waals surface area (Å²) >= 11 is 0. The van der Waals surface area contributed by atoms with Gasteiger partial charge in [0.25, 0.3) is 0 Å². The molecule has 26 heavy (non-hydrogen) atoms. The molecular weight excluding hydrogens is 324 g/mol. The van der Waals surface area contributed by atoms with Crippen LogP contribution in [0.25, 0.3) is 10.9 Å². The van der Waals surface area contributed by atoms with Crippen molar-refractivity contribution in [3.05, 3.63) is 71.4 Å². The first-order chi connectivity index (χ1) is 12.6. The highest BCUT2D eigenvalue weighted by molar-refractivity contribution is 6.04. The summed E-state index contributed by atoms with van der Waals surface area (Å²) in [6.07, 6.45) is 3.03. The van der Waals surface area contributed by atoms with Gasteiger partial charge in [0, 0.05) is 30.0 Å². The van der Waals surface area contributed by atoms with Gasteiger partial charge in [0.15, 0.2) is 5.78 Å². The van der Waals surface area contributed by atoms with E-state index < -0.39 is 0 Å². The maximum absolute atomic E-state index is 12.3. The average Bonchev–Trinajstić information content (AvgIpc) is 2.68.